The zero-order valence-electron chi connectivity index (χ0n) is 12.4. The Morgan fingerprint density at radius 2 is 1.90 bits per heavy atom. The van der Waals surface area contributed by atoms with E-state index in [4.69, 9.17) is 0 Å². The van der Waals surface area contributed by atoms with E-state index in [1.54, 1.807) is 0 Å². The number of aliphatic hydroxyl groups excluding tert-OH is 1. The molecule has 1 saturated heterocycles. The lowest BCUT2D eigenvalue weighted by atomic mass is 9.69. The average molecular weight is 289 g/mol. The summed E-state index contributed by atoms with van der Waals surface area (Å²) in [5, 5.41) is 19.2. The minimum absolute atomic E-state index is 0.0612. The van der Waals surface area contributed by atoms with Gasteiger partial charge in [-0.15, -0.1) is 0 Å². The average Bonchev–Trinajstić information content (AvgIpc) is 2.77. The minimum atomic E-state index is -0.791. The van der Waals surface area contributed by atoms with Crippen LogP contribution in [0.25, 0.3) is 0 Å². The van der Waals surface area contributed by atoms with E-state index in [-0.39, 0.29) is 11.6 Å². The van der Waals surface area contributed by atoms with Crippen LogP contribution in [0.3, 0.4) is 0 Å². The number of hydrogen-bond acceptors (Lipinski definition) is 3. The topological polar surface area (TPSA) is 73.4 Å². The Hall–Kier alpha value is -1.59. The Bertz CT molecular complexity index is 510. The van der Waals surface area contributed by atoms with E-state index in [1.807, 2.05) is 6.07 Å². The van der Waals surface area contributed by atoms with Gasteiger partial charge in [-0.1, -0.05) is 37.3 Å². The molecule has 21 heavy (non-hydrogen) atoms. The lowest BCUT2D eigenvalue weighted by Crippen LogP contribution is -2.57. The zero-order valence-corrected chi connectivity index (χ0v) is 12.4. The molecule has 1 saturated carbocycles. The van der Waals surface area contributed by atoms with E-state index in [2.05, 4.69) is 47.1 Å². The molecule has 3 rings (SSSR count). The van der Waals surface area contributed by atoms with E-state index in [0.717, 1.165) is 32.2 Å². The number of urea groups is 1. The van der Waals surface area contributed by atoms with Gasteiger partial charge in [0.2, 0.25) is 0 Å². The van der Waals surface area contributed by atoms with E-state index in [9.17, 15) is 9.90 Å². The van der Waals surface area contributed by atoms with Crippen LogP contribution in [-0.2, 0) is 5.54 Å². The Balaban J connectivity index is 1.82. The number of carbonyl (C=O) groups is 1. The Morgan fingerprint density at radius 1 is 1.24 bits per heavy atom. The van der Waals surface area contributed by atoms with Crippen LogP contribution in [-0.4, -0.2) is 29.4 Å². The fourth-order valence-corrected chi connectivity index (χ4v) is 3.78. The molecule has 0 aromatic heterocycles. The summed E-state index contributed by atoms with van der Waals surface area (Å²) in [6.07, 6.45) is 2.51. The quantitative estimate of drug-likeness (QED) is 0.680. The first-order valence-corrected chi connectivity index (χ1v) is 7.68. The molecule has 1 aliphatic carbocycles. The summed E-state index contributed by atoms with van der Waals surface area (Å²) >= 11 is 0. The highest BCUT2D eigenvalue weighted by Gasteiger charge is 2.51. The van der Waals surface area contributed by atoms with Crippen molar-refractivity contribution in [1.29, 1.82) is 0 Å². The molecule has 4 N–H and O–H groups in total. The largest absolute Gasteiger partial charge is 0.371 e. The molecule has 1 aromatic carbocycles. The van der Waals surface area contributed by atoms with Crippen LogP contribution in [0, 0.1) is 0 Å². The Labute approximate surface area is 125 Å². The Kier molecular flexibility index (Phi) is 3.63. The van der Waals surface area contributed by atoms with Gasteiger partial charge in [0.15, 0.2) is 6.23 Å². The van der Waals surface area contributed by atoms with Crippen molar-refractivity contribution in [1.82, 2.24) is 16.0 Å². The number of nitrogens with one attached hydrogen (secondary N) is 3. The molecule has 5 heteroatoms. The molecule has 0 bridgehead atoms. The number of rotatable bonds is 3. The highest BCUT2D eigenvalue weighted by molar-refractivity contribution is 5.78. The number of benzene rings is 1. The molecule has 1 heterocycles. The molecule has 0 radical (unpaired) electrons. The molecule has 1 unspecified atom stereocenters. The van der Waals surface area contributed by atoms with Gasteiger partial charge in [-0.2, -0.15) is 0 Å². The summed E-state index contributed by atoms with van der Waals surface area (Å²) in [6.45, 7) is 3.01. The summed E-state index contributed by atoms with van der Waals surface area (Å²) in [5.74, 6) is 0. The first kappa shape index (κ1) is 14.4. The van der Waals surface area contributed by atoms with Crippen molar-refractivity contribution in [2.75, 3.05) is 6.54 Å². The zero-order chi connectivity index (χ0) is 14.9. The van der Waals surface area contributed by atoms with Gasteiger partial charge in [0, 0.05) is 5.54 Å². The second-order valence-electron chi connectivity index (χ2n) is 6.14. The predicted molar refractivity (Wildman–Crippen MR) is 80.7 cm³/mol. The van der Waals surface area contributed by atoms with Crippen molar-refractivity contribution in [3.05, 3.63) is 35.9 Å². The third-order valence-corrected chi connectivity index (χ3v) is 4.99. The van der Waals surface area contributed by atoms with Gasteiger partial charge >= 0.3 is 6.03 Å². The maximum atomic E-state index is 11.5. The molecule has 1 aliphatic heterocycles. The van der Waals surface area contributed by atoms with Crippen LogP contribution < -0.4 is 16.0 Å². The van der Waals surface area contributed by atoms with Crippen LogP contribution in [0.15, 0.2) is 30.3 Å². The molecule has 2 amide bonds. The van der Waals surface area contributed by atoms with Gasteiger partial charge in [-0.05, 0) is 37.8 Å². The standard InChI is InChI=1S/C16H23N3O2/c1-2-17-15(12-6-4-3-5-7-12)8-10-16(11-9-15)13(20)18-14(21)19-16/h3-7,13,17,20H,2,8-11H2,1H3,(H2,18,19,21). The van der Waals surface area contributed by atoms with Crippen LogP contribution >= 0.6 is 0 Å². The molecule has 2 aliphatic rings. The van der Waals surface area contributed by atoms with Gasteiger partial charge in [0.05, 0.1) is 5.54 Å². The third-order valence-electron chi connectivity index (χ3n) is 4.99. The highest BCUT2D eigenvalue weighted by atomic mass is 16.3. The number of carbonyl (C=O) groups excluding carboxylic acids is 1. The van der Waals surface area contributed by atoms with Gasteiger partial charge < -0.3 is 21.1 Å². The van der Waals surface area contributed by atoms with E-state index >= 15 is 0 Å². The van der Waals surface area contributed by atoms with Crippen molar-refractivity contribution >= 4 is 6.03 Å². The fourth-order valence-electron chi connectivity index (χ4n) is 3.78. The molecular weight excluding hydrogens is 266 g/mol. The number of amides is 2. The summed E-state index contributed by atoms with van der Waals surface area (Å²) < 4.78 is 0. The second-order valence-corrected chi connectivity index (χ2v) is 6.14. The summed E-state index contributed by atoms with van der Waals surface area (Å²) in [7, 11) is 0. The lowest BCUT2D eigenvalue weighted by molar-refractivity contribution is 0.0332. The Morgan fingerprint density at radius 3 is 2.43 bits per heavy atom. The van der Waals surface area contributed by atoms with Crippen molar-refractivity contribution in [2.45, 2.75) is 49.9 Å². The minimum Gasteiger partial charge on any atom is -0.371 e. The van der Waals surface area contributed by atoms with Gasteiger partial charge in [-0.25, -0.2) is 4.79 Å². The monoisotopic (exact) mass is 289 g/mol. The fraction of sp³-hybridized carbons (Fsp3) is 0.562. The van der Waals surface area contributed by atoms with E-state index in [0.29, 0.717) is 0 Å². The maximum Gasteiger partial charge on any atom is 0.317 e. The summed E-state index contributed by atoms with van der Waals surface area (Å²) in [5.41, 5.74) is 0.715. The van der Waals surface area contributed by atoms with Crippen molar-refractivity contribution in [3.8, 4) is 0 Å². The van der Waals surface area contributed by atoms with Crippen LogP contribution in [0.5, 0.6) is 0 Å². The predicted octanol–water partition coefficient (Wildman–Crippen LogP) is 1.44. The number of aliphatic hydroxyl groups is 1. The molecule has 1 aromatic rings. The SMILES string of the molecule is CCNC1(c2ccccc2)CCC2(CC1)NC(=O)NC2O. The molecule has 2 fully saturated rings. The summed E-state index contributed by atoms with van der Waals surface area (Å²) in [4.78, 5) is 11.5. The van der Waals surface area contributed by atoms with Crippen LogP contribution in [0.2, 0.25) is 0 Å². The van der Waals surface area contributed by atoms with E-state index < -0.39 is 11.8 Å². The van der Waals surface area contributed by atoms with Gasteiger partial charge in [-0.3, -0.25) is 0 Å². The first-order chi connectivity index (χ1) is 10.1. The molecular formula is C16H23N3O2. The molecule has 1 spiro atoms. The molecule has 114 valence electrons. The smallest absolute Gasteiger partial charge is 0.317 e. The van der Waals surface area contributed by atoms with Crippen molar-refractivity contribution in [3.63, 3.8) is 0 Å². The lowest BCUT2D eigenvalue weighted by Gasteiger charge is -2.46. The van der Waals surface area contributed by atoms with Crippen molar-refractivity contribution in [2.24, 2.45) is 0 Å². The highest BCUT2D eigenvalue weighted by Crippen LogP contribution is 2.43. The van der Waals surface area contributed by atoms with Crippen molar-refractivity contribution < 1.29 is 9.90 Å². The van der Waals surface area contributed by atoms with Gasteiger partial charge in [0.25, 0.3) is 0 Å². The van der Waals surface area contributed by atoms with E-state index in [1.165, 1.54) is 5.56 Å². The maximum absolute atomic E-state index is 11.5. The second kappa shape index (κ2) is 5.31. The molecule has 5 nitrogen and oxygen atoms in total. The summed E-state index contributed by atoms with van der Waals surface area (Å²) in [6, 6.07) is 10.2. The molecule has 1 atom stereocenters. The van der Waals surface area contributed by atoms with Gasteiger partial charge in [0.1, 0.15) is 0 Å². The number of hydrogen-bond donors (Lipinski definition) is 4. The van der Waals surface area contributed by atoms with Crippen LogP contribution in [0.1, 0.15) is 38.2 Å². The first-order valence-electron chi connectivity index (χ1n) is 7.68. The third kappa shape index (κ3) is 2.40. The normalized spacial score (nSPS) is 35.5. The van der Waals surface area contributed by atoms with Crippen LogP contribution in [0.4, 0.5) is 4.79 Å².